The largest absolute Gasteiger partial charge is 0.310 e. The zero-order valence-electron chi connectivity index (χ0n) is 75.1. The lowest BCUT2D eigenvalue weighted by atomic mass is 9.34. The molecule has 0 atom stereocenters. The van der Waals surface area contributed by atoms with E-state index in [0.717, 1.165) is 121 Å². The molecule has 1 spiro atoms. The Kier molecular flexibility index (Phi) is 11.5. The number of para-hydroxylation sites is 2. The van der Waals surface area contributed by atoms with Crippen molar-refractivity contribution in [3.05, 3.63) is 410 Å². The Morgan fingerprint density at radius 2 is 0.768 bits per heavy atom. The number of anilines is 3. The number of aromatic nitrogens is 2. The van der Waals surface area contributed by atoms with Crippen molar-refractivity contribution in [3.63, 3.8) is 0 Å². The maximum absolute atomic E-state index is 11.0. The molecule has 19 aromatic rings. The Morgan fingerprint density at radius 1 is 0.330 bits per heavy atom. The molecule has 0 N–H and O–H groups in total. The molecule has 2 aliphatic carbocycles. The Morgan fingerprint density at radius 3 is 1.30 bits per heavy atom. The first-order valence-corrected chi connectivity index (χ1v) is 38.8. The van der Waals surface area contributed by atoms with E-state index in [0.29, 0.717) is 39.6 Å². The normalized spacial score (nSPS) is 15.1. The van der Waals surface area contributed by atoms with Crippen LogP contribution in [0, 0.1) is 0 Å². The second-order valence-electron chi connectivity index (χ2n) is 30.6. The Bertz CT molecular complexity index is 7940. The predicted octanol–water partition coefficient (Wildman–Crippen LogP) is 26.3. The first-order chi connectivity index (χ1) is 61.0. The minimum Gasteiger partial charge on any atom is -0.310 e. The van der Waals surface area contributed by atoms with Crippen molar-refractivity contribution in [2.45, 2.75) is 41.4 Å². The molecule has 0 saturated carbocycles. The summed E-state index contributed by atoms with van der Waals surface area (Å²) in [4.78, 5) is 4.02. The van der Waals surface area contributed by atoms with Crippen LogP contribution in [0.4, 0.5) is 17.1 Å². The average molecular weight is 1460 g/mol. The highest BCUT2D eigenvalue weighted by molar-refractivity contribution is 8.00. The summed E-state index contributed by atoms with van der Waals surface area (Å²) in [5, 5.41) is -0.0222. The highest BCUT2D eigenvalue weighted by atomic mass is 32.2. The standard InChI is InChI=1S/C107H72BN3S/c1-106(2,3)77-62-87(69-32-12-6-13-33-69)104(88(63-77)70-34-14-7-15-35-70)111-99-64-78(109-95-48-24-19-42-82(95)84-53-50-75(60-97(84)109)73-38-26-36-71(58-73)67-28-8-4-9-29-67)52-56-93(99)108-94-57-55-92-102(86-44-18-23-47-91(86)107(92)89-45-21-16-40-80(89)81-41-17-22-46-90(81)107)105(94)112-101-66-79(65-100(111)103(101)108)110-96-49-25-20-43-83(96)85-54-51-76(61-98(85)110)74-39-27-37-72(59-74)68-30-10-5-11-31-68/h4-66H,1-3H3/i19D,20D,24D,25D,42D,43D,48D,49D,50D,51D,53D,54D,60D,61D. The lowest BCUT2D eigenvalue weighted by molar-refractivity contribution is 0.591. The second kappa shape index (κ2) is 24.8. The van der Waals surface area contributed by atoms with Gasteiger partial charge in [-0.15, -0.1) is 0 Å². The van der Waals surface area contributed by atoms with Crippen LogP contribution in [-0.2, 0) is 10.8 Å². The molecule has 0 bridgehead atoms. The zero-order valence-corrected chi connectivity index (χ0v) is 61.9. The molecule has 5 heteroatoms. The summed E-state index contributed by atoms with van der Waals surface area (Å²) < 4.78 is 145. The quantitative estimate of drug-likeness (QED) is 0.134. The van der Waals surface area contributed by atoms with Gasteiger partial charge in [-0.1, -0.05) is 347 Å². The number of benzene rings is 17. The summed E-state index contributed by atoms with van der Waals surface area (Å²) in [5.74, 6) is 0. The van der Waals surface area contributed by atoms with Crippen molar-refractivity contribution in [1.82, 2.24) is 9.13 Å². The molecule has 0 fully saturated rings. The molecule has 524 valence electrons. The predicted molar refractivity (Wildman–Crippen MR) is 473 cm³/mol. The van der Waals surface area contributed by atoms with Gasteiger partial charge in [-0.05, 0) is 189 Å². The molecule has 0 unspecified atom stereocenters. The third kappa shape index (κ3) is 9.57. The van der Waals surface area contributed by atoms with Crippen LogP contribution in [0.5, 0.6) is 0 Å². The van der Waals surface area contributed by atoms with Gasteiger partial charge in [0.15, 0.2) is 0 Å². The first-order valence-electron chi connectivity index (χ1n) is 45.0. The summed E-state index contributed by atoms with van der Waals surface area (Å²) in [6.45, 7) is 5.93. The molecule has 0 saturated heterocycles. The number of fused-ring (bicyclic) bond motifs is 21. The molecule has 4 aliphatic rings. The fraction of sp³-hybridized carbons (Fsp3) is 0.0467. The lowest BCUT2D eigenvalue weighted by Gasteiger charge is -2.43. The maximum Gasteiger partial charge on any atom is 0.249 e. The van der Waals surface area contributed by atoms with Gasteiger partial charge >= 0.3 is 0 Å². The van der Waals surface area contributed by atoms with E-state index in [1.807, 2.05) is 158 Å². The molecule has 23 rings (SSSR count). The van der Waals surface area contributed by atoms with Gasteiger partial charge in [-0.3, -0.25) is 0 Å². The topological polar surface area (TPSA) is 13.1 Å². The second-order valence-corrected chi connectivity index (χ2v) is 31.7. The molecular weight excluding hydrogens is 1370 g/mol. The molecular formula is C107H72BN3S. The fourth-order valence-electron chi connectivity index (χ4n) is 18.6. The molecule has 3 nitrogen and oxygen atoms in total. The molecule has 112 heavy (non-hydrogen) atoms. The van der Waals surface area contributed by atoms with Gasteiger partial charge in [0.1, 0.15) is 0 Å². The molecule has 2 aliphatic heterocycles. The van der Waals surface area contributed by atoms with Crippen LogP contribution in [0.1, 0.15) is 67.8 Å². The van der Waals surface area contributed by atoms with Crippen LogP contribution in [0.15, 0.2) is 392 Å². The van der Waals surface area contributed by atoms with E-state index in [2.05, 4.69) is 165 Å². The Labute approximate surface area is 676 Å². The van der Waals surface area contributed by atoms with E-state index in [4.69, 9.17) is 0 Å². The van der Waals surface area contributed by atoms with Gasteiger partial charge in [-0.25, -0.2) is 0 Å². The van der Waals surface area contributed by atoms with E-state index in [9.17, 15) is 19.2 Å². The van der Waals surface area contributed by atoms with Crippen molar-refractivity contribution in [2.24, 2.45) is 0 Å². The van der Waals surface area contributed by atoms with Gasteiger partial charge in [0.25, 0.3) is 0 Å². The highest BCUT2D eigenvalue weighted by Gasteiger charge is 2.54. The number of hydrogen-bond donors (Lipinski definition) is 0. The smallest absolute Gasteiger partial charge is 0.249 e. The monoisotopic (exact) mass is 1460 g/mol. The minimum absolute atomic E-state index is 0.000129. The lowest BCUT2D eigenvalue weighted by Crippen LogP contribution is -2.60. The highest BCUT2D eigenvalue weighted by Crippen LogP contribution is 2.65. The van der Waals surface area contributed by atoms with E-state index in [-0.39, 0.29) is 91.0 Å². The van der Waals surface area contributed by atoms with Crippen molar-refractivity contribution < 1.29 is 19.2 Å². The third-order valence-electron chi connectivity index (χ3n) is 23.6. The average Bonchev–Trinajstić information content (AvgIpc) is 1.52. The van der Waals surface area contributed by atoms with Crippen molar-refractivity contribution in [1.29, 1.82) is 0 Å². The van der Waals surface area contributed by atoms with Crippen LogP contribution in [0.25, 0.3) is 144 Å². The summed E-state index contributed by atoms with van der Waals surface area (Å²) in [7, 11) is 0. The van der Waals surface area contributed by atoms with Gasteiger partial charge in [0, 0.05) is 70.8 Å². The molecule has 2 aromatic heterocycles. The van der Waals surface area contributed by atoms with Crippen LogP contribution >= 0.6 is 11.8 Å². The minimum atomic E-state index is -0.781. The van der Waals surface area contributed by atoms with E-state index >= 15 is 0 Å². The maximum atomic E-state index is 11.0. The summed E-state index contributed by atoms with van der Waals surface area (Å²) >= 11 is 1.62. The van der Waals surface area contributed by atoms with Gasteiger partial charge < -0.3 is 14.0 Å². The van der Waals surface area contributed by atoms with E-state index in [1.165, 1.54) is 0 Å². The van der Waals surface area contributed by atoms with Crippen LogP contribution in [-0.4, -0.2) is 15.8 Å². The molecule has 4 heterocycles. The van der Waals surface area contributed by atoms with Gasteiger partial charge in [-0.2, -0.15) is 0 Å². The van der Waals surface area contributed by atoms with Gasteiger partial charge in [0.05, 0.1) is 52.4 Å². The number of rotatable bonds is 9. The van der Waals surface area contributed by atoms with Crippen molar-refractivity contribution in [3.8, 4) is 100 Å². The van der Waals surface area contributed by atoms with E-state index in [1.54, 1.807) is 20.9 Å². The Balaban J connectivity index is 0.902. The van der Waals surface area contributed by atoms with Crippen molar-refractivity contribution in [2.75, 3.05) is 4.90 Å². The zero-order chi connectivity index (χ0) is 86.3. The Hall–Kier alpha value is -13.4. The molecule has 0 amide bonds. The fourth-order valence-corrected chi connectivity index (χ4v) is 20.0. The van der Waals surface area contributed by atoms with E-state index < -0.39 is 65.9 Å². The number of nitrogens with zero attached hydrogens (tertiary/aromatic N) is 3. The van der Waals surface area contributed by atoms with Crippen LogP contribution in [0.3, 0.4) is 0 Å². The van der Waals surface area contributed by atoms with Crippen LogP contribution < -0.4 is 21.3 Å². The molecule has 0 radical (unpaired) electrons. The molecule has 17 aromatic carbocycles. The summed E-state index contributed by atoms with van der Waals surface area (Å²) in [6, 6.07) is 95.4. The van der Waals surface area contributed by atoms with Crippen LogP contribution in [0.2, 0.25) is 0 Å². The number of hydrogen-bond acceptors (Lipinski definition) is 2. The van der Waals surface area contributed by atoms with Crippen molar-refractivity contribution >= 4 is 95.5 Å². The summed E-state index contributed by atoms with van der Waals surface area (Å²) in [5.41, 5.74) is 22.2. The third-order valence-corrected chi connectivity index (χ3v) is 24.8. The van der Waals surface area contributed by atoms with Gasteiger partial charge in [0.2, 0.25) is 6.71 Å². The SMILES string of the molecule is [2H]c1c([2H])c([2H])c2c(c1[2H])c1c([2H])c([2H])c(-c3cccc(-c4ccccc4)c3)c([2H])c1n2-c1ccc2c(c1)N(c1c(-c3ccccc3)cc(C(C)(C)C)cc1-c1ccccc1)c1cc(-n3c4c([2H])c([2H])c([2H])c([2H])c4c4c([2H])c([2H])c(-c5cccc(-c6ccccc6)c5)c([2H])c43)cc3c1B2c1ccc2c(c1S3)-c1ccccc1C21c2ccccc2-c2ccccc21. The first kappa shape index (κ1) is 51.8. The summed E-state index contributed by atoms with van der Waals surface area (Å²) in [6.07, 6.45) is 0.